The van der Waals surface area contributed by atoms with Crippen LogP contribution >= 0.6 is 0 Å². The minimum Gasteiger partial charge on any atom is -0.389 e. The lowest BCUT2D eigenvalue weighted by molar-refractivity contribution is -0.137. The number of nitrogens with one attached hydrogen (secondary N) is 1. The Kier molecular flexibility index (Phi) is 3.66. The quantitative estimate of drug-likeness (QED) is 0.908. The number of pyridine rings is 1. The molecule has 0 amide bonds. The third-order valence-electron chi connectivity index (χ3n) is 2.71. The lowest BCUT2D eigenvalue weighted by atomic mass is 10.1. The van der Waals surface area contributed by atoms with Gasteiger partial charge >= 0.3 is 6.18 Å². The second-order valence-corrected chi connectivity index (χ2v) is 5.29. The molecule has 0 aliphatic rings. The molecule has 0 saturated carbocycles. The molecule has 2 rings (SSSR count). The predicted octanol–water partition coefficient (Wildman–Crippen LogP) is 1.90. The van der Waals surface area contributed by atoms with Crippen molar-refractivity contribution in [3.05, 3.63) is 40.3 Å². The molecule has 2 aromatic rings. The molecular formula is C13H14F3N3O2. The maximum Gasteiger partial charge on any atom is 0.416 e. The summed E-state index contributed by atoms with van der Waals surface area (Å²) >= 11 is 0. The van der Waals surface area contributed by atoms with Gasteiger partial charge in [0.1, 0.15) is 0 Å². The van der Waals surface area contributed by atoms with Crippen LogP contribution in [0.4, 0.5) is 19.1 Å². The summed E-state index contributed by atoms with van der Waals surface area (Å²) in [4.78, 5) is 15.2. The maximum absolute atomic E-state index is 12.7. The van der Waals surface area contributed by atoms with Crippen LogP contribution in [0.3, 0.4) is 0 Å². The normalized spacial score (nSPS) is 12.7. The molecule has 0 aliphatic heterocycles. The fourth-order valence-corrected chi connectivity index (χ4v) is 1.74. The van der Waals surface area contributed by atoms with E-state index in [1.807, 2.05) is 0 Å². The van der Waals surface area contributed by atoms with Gasteiger partial charge in [-0.3, -0.25) is 9.20 Å². The second kappa shape index (κ2) is 5.03. The van der Waals surface area contributed by atoms with Crippen LogP contribution in [0.1, 0.15) is 19.4 Å². The molecule has 2 N–H and O–H groups in total. The molecule has 0 fully saturated rings. The smallest absolute Gasteiger partial charge is 0.389 e. The molecule has 2 aromatic heterocycles. The standard InChI is InChI=1S/C13H14F3N3O2/c1-12(2,21)7-17-11-18-10(20)6-9-5-8(13(14,15)16)3-4-19(9)11/h3-6,21H,7H2,1-2H3,(H,17,18,20). The Balaban J connectivity index is 2.50. The summed E-state index contributed by atoms with van der Waals surface area (Å²) in [6.45, 7) is 3.19. The first-order valence-electron chi connectivity index (χ1n) is 6.13. The number of rotatable bonds is 3. The van der Waals surface area contributed by atoms with Crippen LogP contribution in [-0.4, -0.2) is 26.6 Å². The van der Waals surface area contributed by atoms with Gasteiger partial charge in [-0.2, -0.15) is 18.2 Å². The van der Waals surface area contributed by atoms with Gasteiger partial charge in [-0.05, 0) is 26.0 Å². The van der Waals surface area contributed by atoms with Crippen LogP contribution in [0, 0.1) is 0 Å². The van der Waals surface area contributed by atoms with Gasteiger partial charge in [0.15, 0.2) is 0 Å². The fraction of sp³-hybridized carbons (Fsp3) is 0.385. The number of halogens is 3. The van der Waals surface area contributed by atoms with Crippen LogP contribution in [0.25, 0.3) is 5.52 Å². The number of aliphatic hydroxyl groups is 1. The van der Waals surface area contributed by atoms with Crippen LogP contribution in [0.15, 0.2) is 29.2 Å². The van der Waals surface area contributed by atoms with Crippen LogP contribution < -0.4 is 10.9 Å². The Hall–Kier alpha value is -2.09. The van der Waals surface area contributed by atoms with Crippen LogP contribution in [0.5, 0.6) is 0 Å². The zero-order valence-electron chi connectivity index (χ0n) is 11.4. The first-order valence-corrected chi connectivity index (χ1v) is 6.13. The first kappa shape index (κ1) is 15.3. The van der Waals surface area contributed by atoms with E-state index in [1.165, 1.54) is 10.6 Å². The maximum atomic E-state index is 12.7. The zero-order valence-corrected chi connectivity index (χ0v) is 11.4. The molecule has 0 atom stereocenters. The van der Waals surface area contributed by atoms with Gasteiger partial charge in [0.05, 0.1) is 16.7 Å². The number of aromatic nitrogens is 2. The molecule has 0 unspecified atom stereocenters. The summed E-state index contributed by atoms with van der Waals surface area (Å²) in [7, 11) is 0. The lowest BCUT2D eigenvalue weighted by Gasteiger charge is -2.19. The molecule has 0 spiro atoms. The molecule has 0 aliphatic carbocycles. The molecule has 2 heterocycles. The van der Waals surface area contributed by atoms with Gasteiger partial charge in [-0.15, -0.1) is 0 Å². The van der Waals surface area contributed by atoms with Gasteiger partial charge in [0.25, 0.3) is 5.56 Å². The molecular weight excluding hydrogens is 287 g/mol. The van der Waals surface area contributed by atoms with E-state index in [0.29, 0.717) is 0 Å². The van der Waals surface area contributed by atoms with E-state index >= 15 is 0 Å². The highest BCUT2D eigenvalue weighted by molar-refractivity contribution is 5.53. The van der Waals surface area contributed by atoms with E-state index in [4.69, 9.17) is 0 Å². The zero-order chi connectivity index (χ0) is 15.8. The Morgan fingerprint density at radius 3 is 2.57 bits per heavy atom. The van der Waals surface area contributed by atoms with E-state index in [0.717, 1.165) is 18.2 Å². The summed E-state index contributed by atoms with van der Waals surface area (Å²) < 4.78 is 39.3. The van der Waals surface area contributed by atoms with Crippen molar-refractivity contribution in [2.45, 2.75) is 25.6 Å². The molecule has 21 heavy (non-hydrogen) atoms. The number of nitrogens with zero attached hydrogens (tertiary/aromatic N) is 2. The van der Waals surface area contributed by atoms with Crippen molar-refractivity contribution in [1.29, 1.82) is 0 Å². The summed E-state index contributed by atoms with van der Waals surface area (Å²) in [5, 5.41) is 12.4. The third-order valence-corrected chi connectivity index (χ3v) is 2.71. The predicted molar refractivity (Wildman–Crippen MR) is 71.3 cm³/mol. The van der Waals surface area contributed by atoms with Crippen LogP contribution in [-0.2, 0) is 6.18 Å². The minimum absolute atomic E-state index is 0.0723. The van der Waals surface area contributed by atoms with Crippen molar-refractivity contribution >= 4 is 11.5 Å². The van der Waals surface area contributed by atoms with Crippen molar-refractivity contribution < 1.29 is 18.3 Å². The van der Waals surface area contributed by atoms with Gasteiger partial charge in [0, 0.05) is 18.8 Å². The fourth-order valence-electron chi connectivity index (χ4n) is 1.74. The monoisotopic (exact) mass is 301 g/mol. The Labute approximate surface area is 118 Å². The number of anilines is 1. The summed E-state index contributed by atoms with van der Waals surface area (Å²) in [6, 6.07) is 2.79. The summed E-state index contributed by atoms with van der Waals surface area (Å²) in [5.74, 6) is 0.0772. The molecule has 0 saturated heterocycles. The van der Waals surface area contributed by atoms with Gasteiger partial charge in [-0.1, -0.05) is 0 Å². The molecule has 0 bridgehead atoms. The summed E-state index contributed by atoms with van der Waals surface area (Å²) in [6.07, 6.45) is -3.31. The SMILES string of the molecule is CC(C)(O)CNc1nc(=O)cc2cc(C(F)(F)F)ccn12. The lowest BCUT2D eigenvalue weighted by Crippen LogP contribution is -2.31. The first-order chi connectivity index (χ1) is 9.56. The highest BCUT2D eigenvalue weighted by Crippen LogP contribution is 2.29. The van der Waals surface area contributed by atoms with E-state index in [2.05, 4.69) is 10.3 Å². The topological polar surface area (TPSA) is 66.6 Å². The van der Waals surface area contributed by atoms with Crippen molar-refractivity contribution in [1.82, 2.24) is 9.38 Å². The molecule has 114 valence electrons. The van der Waals surface area contributed by atoms with Crippen molar-refractivity contribution in [3.63, 3.8) is 0 Å². The molecule has 0 aromatic carbocycles. The van der Waals surface area contributed by atoms with Crippen LogP contribution in [0.2, 0.25) is 0 Å². The third kappa shape index (κ3) is 3.72. The average molecular weight is 301 g/mol. The number of hydrogen-bond acceptors (Lipinski definition) is 4. The number of alkyl halides is 3. The Morgan fingerprint density at radius 1 is 1.33 bits per heavy atom. The second-order valence-electron chi connectivity index (χ2n) is 5.29. The Bertz CT molecular complexity index is 717. The molecule has 8 heteroatoms. The largest absolute Gasteiger partial charge is 0.416 e. The average Bonchev–Trinajstić information content (AvgIpc) is 2.33. The van der Waals surface area contributed by atoms with E-state index < -0.39 is 22.9 Å². The minimum atomic E-state index is -4.48. The van der Waals surface area contributed by atoms with E-state index in [-0.39, 0.29) is 18.0 Å². The molecule has 0 radical (unpaired) electrons. The highest BCUT2D eigenvalue weighted by Gasteiger charge is 2.30. The highest BCUT2D eigenvalue weighted by atomic mass is 19.4. The van der Waals surface area contributed by atoms with E-state index in [9.17, 15) is 23.1 Å². The Morgan fingerprint density at radius 2 is 2.00 bits per heavy atom. The van der Waals surface area contributed by atoms with Crippen molar-refractivity contribution in [2.75, 3.05) is 11.9 Å². The number of fused-ring (bicyclic) bond motifs is 1. The summed E-state index contributed by atoms with van der Waals surface area (Å²) in [5.41, 5.74) is -2.49. The van der Waals surface area contributed by atoms with Gasteiger partial charge in [-0.25, -0.2) is 0 Å². The van der Waals surface area contributed by atoms with Gasteiger partial charge < -0.3 is 10.4 Å². The van der Waals surface area contributed by atoms with Gasteiger partial charge in [0.2, 0.25) is 5.95 Å². The molecule has 5 nitrogen and oxygen atoms in total. The number of hydrogen-bond donors (Lipinski definition) is 2. The van der Waals surface area contributed by atoms with Crippen molar-refractivity contribution in [3.8, 4) is 0 Å². The van der Waals surface area contributed by atoms with Crippen molar-refractivity contribution in [2.24, 2.45) is 0 Å². The van der Waals surface area contributed by atoms with E-state index in [1.54, 1.807) is 13.8 Å².